The molecular formula is C20H23NO4S. The van der Waals surface area contributed by atoms with Crippen LogP contribution in [0.3, 0.4) is 0 Å². The summed E-state index contributed by atoms with van der Waals surface area (Å²) < 4.78 is 28.7. The molecule has 0 atom stereocenters. The van der Waals surface area contributed by atoms with E-state index in [4.69, 9.17) is 4.74 Å². The molecule has 0 unspecified atom stereocenters. The highest BCUT2D eigenvalue weighted by Gasteiger charge is 2.28. The van der Waals surface area contributed by atoms with Gasteiger partial charge in [-0.1, -0.05) is 42.5 Å². The number of likely N-dealkylation sites (tertiary alicyclic amines) is 1. The van der Waals surface area contributed by atoms with Gasteiger partial charge in [0, 0.05) is 19.3 Å². The first-order chi connectivity index (χ1) is 12.4. The summed E-state index contributed by atoms with van der Waals surface area (Å²) in [7, 11) is -3.03. The predicted octanol–water partition coefficient (Wildman–Crippen LogP) is 2.77. The molecule has 0 spiro atoms. The minimum Gasteiger partial charge on any atom is -0.484 e. The Hall–Kier alpha value is -2.34. The Morgan fingerprint density at radius 3 is 2.15 bits per heavy atom. The van der Waals surface area contributed by atoms with Crippen molar-refractivity contribution in [2.75, 3.05) is 26.0 Å². The fourth-order valence-corrected chi connectivity index (χ4v) is 4.21. The molecule has 1 heterocycles. The molecule has 1 aliphatic heterocycles. The number of nitrogens with zero attached hydrogens (tertiary/aromatic N) is 1. The van der Waals surface area contributed by atoms with Crippen LogP contribution in [-0.2, 0) is 14.6 Å². The highest BCUT2D eigenvalue weighted by Crippen LogP contribution is 2.22. The number of amides is 1. The summed E-state index contributed by atoms with van der Waals surface area (Å²) in [5, 5.41) is -0.335. The summed E-state index contributed by atoms with van der Waals surface area (Å²) in [6.07, 6.45) is 2.25. The van der Waals surface area contributed by atoms with Crippen LogP contribution in [0.25, 0.3) is 11.1 Å². The maximum Gasteiger partial charge on any atom is 0.260 e. The molecule has 1 fully saturated rings. The molecule has 0 N–H and O–H groups in total. The van der Waals surface area contributed by atoms with Crippen LogP contribution in [0, 0.1) is 0 Å². The summed E-state index contributed by atoms with van der Waals surface area (Å²) in [6.45, 7) is 0.897. The van der Waals surface area contributed by atoms with E-state index < -0.39 is 9.84 Å². The van der Waals surface area contributed by atoms with Gasteiger partial charge >= 0.3 is 0 Å². The smallest absolute Gasteiger partial charge is 0.260 e. The van der Waals surface area contributed by atoms with Crippen LogP contribution >= 0.6 is 0 Å². The summed E-state index contributed by atoms with van der Waals surface area (Å²) >= 11 is 0. The molecule has 2 aromatic carbocycles. The number of carbonyl (C=O) groups excluding carboxylic acids is 1. The third-order valence-corrected chi connectivity index (χ3v) is 6.41. The second-order valence-electron chi connectivity index (χ2n) is 6.59. The molecule has 0 aliphatic carbocycles. The zero-order chi connectivity index (χ0) is 18.6. The molecule has 5 nitrogen and oxygen atoms in total. The third-order valence-electron chi connectivity index (χ3n) is 4.72. The van der Waals surface area contributed by atoms with Gasteiger partial charge in [-0.3, -0.25) is 4.79 Å². The van der Waals surface area contributed by atoms with Crippen molar-refractivity contribution in [1.82, 2.24) is 4.90 Å². The van der Waals surface area contributed by atoms with Crippen molar-refractivity contribution in [3.63, 3.8) is 0 Å². The van der Waals surface area contributed by atoms with Crippen molar-refractivity contribution in [3.05, 3.63) is 54.6 Å². The first kappa shape index (κ1) is 18.5. The highest BCUT2D eigenvalue weighted by molar-refractivity contribution is 7.91. The molecule has 1 aliphatic rings. The minimum atomic E-state index is -3.03. The van der Waals surface area contributed by atoms with Crippen LogP contribution in [0.5, 0.6) is 5.75 Å². The fraction of sp³-hybridized carbons (Fsp3) is 0.350. The Morgan fingerprint density at radius 2 is 1.58 bits per heavy atom. The van der Waals surface area contributed by atoms with Crippen molar-refractivity contribution in [2.45, 2.75) is 18.1 Å². The van der Waals surface area contributed by atoms with Gasteiger partial charge in [-0.2, -0.15) is 0 Å². The maximum atomic E-state index is 12.3. The SMILES string of the molecule is CS(=O)(=O)C1CCN(C(=O)COc2ccc(-c3ccccc3)cc2)CC1. The van der Waals surface area contributed by atoms with Gasteiger partial charge in [-0.25, -0.2) is 8.42 Å². The van der Waals surface area contributed by atoms with E-state index in [1.54, 1.807) is 4.90 Å². The standard InChI is InChI=1S/C20H23NO4S/c1-26(23,24)19-11-13-21(14-12-19)20(22)15-25-18-9-7-17(8-10-18)16-5-3-2-4-6-16/h2-10,19H,11-15H2,1H3. The first-order valence-electron chi connectivity index (χ1n) is 8.68. The topological polar surface area (TPSA) is 63.7 Å². The van der Waals surface area contributed by atoms with Gasteiger partial charge in [0.15, 0.2) is 6.61 Å². The number of carbonyl (C=O) groups is 1. The molecular weight excluding hydrogens is 350 g/mol. The van der Waals surface area contributed by atoms with Crippen LogP contribution in [0.2, 0.25) is 0 Å². The van der Waals surface area contributed by atoms with Crippen molar-refractivity contribution in [2.24, 2.45) is 0 Å². The lowest BCUT2D eigenvalue weighted by Crippen LogP contribution is -2.44. The third kappa shape index (κ3) is 4.64. The fourth-order valence-electron chi connectivity index (χ4n) is 3.14. The molecule has 1 saturated heterocycles. The Kier molecular flexibility index (Phi) is 5.61. The van der Waals surface area contributed by atoms with Crippen molar-refractivity contribution in [3.8, 4) is 16.9 Å². The van der Waals surface area contributed by atoms with Gasteiger partial charge in [-0.05, 0) is 36.1 Å². The summed E-state index contributed by atoms with van der Waals surface area (Å²) in [5.74, 6) is 0.535. The molecule has 26 heavy (non-hydrogen) atoms. The Balaban J connectivity index is 1.51. The van der Waals surface area contributed by atoms with E-state index in [2.05, 4.69) is 0 Å². The second kappa shape index (κ2) is 7.91. The zero-order valence-electron chi connectivity index (χ0n) is 14.8. The molecule has 138 valence electrons. The summed E-state index contributed by atoms with van der Waals surface area (Å²) in [4.78, 5) is 13.9. The van der Waals surface area contributed by atoms with Crippen LogP contribution < -0.4 is 4.74 Å². The summed E-state index contributed by atoms with van der Waals surface area (Å²) in [6, 6.07) is 17.7. The van der Waals surface area contributed by atoms with Crippen molar-refractivity contribution in [1.29, 1.82) is 0 Å². The van der Waals surface area contributed by atoms with Gasteiger partial charge in [-0.15, -0.1) is 0 Å². The summed E-state index contributed by atoms with van der Waals surface area (Å²) in [5.41, 5.74) is 2.22. The van der Waals surface area contributed by atoms with E-state index in [1.807, 2.05) is 54.6 Å². The number of hydrogen-bond acceptors (Lipinski definition) is 4. The lowest BCUT2D eigenvalue weighted by atomic mass is 10.1. The van der Waals surface area contributed by atoms with Crippen molar-refractivity contribution < 1.29 is 17.9 Å². The normalized spacial score (nSPS) is 15.7. The number of sulfone groups is 1. The number of benzene rings is 2. The largest absolute Gasteiger partial charge is 0.484 e. The lowest BCUT2D eigenvalue weighted by Gasteiger charge is -2.31. The number of hydrogen-bond donors (Lipinski definition) is 0. The first-order valence-corrected chi connectivity index (χ1v) is 10.6. The Labute approximate surface area is 154 Å². The Bertz CT molecular complexity index is 839. The molecule has 3 rings (SSSR count). The molecule has 0 aromatic heterocycles. The van der Waals surface area contributed by atoms with Gasteiger partial charge in [0.05, 0.1) is 5.25 Å². The van der Waals surface area contributed by atoms with Crippen LogP contribution in [-0.4, -0.2) is 50.4 Å². The maximum absolute atomic E-state index is 12.3. The van der Waals surface area contributed by atoms with Crippen LogP contribution in [0.15, 0.2) is 54.6 Å². The Morgan fingerprint density at radius 1 is 1.00 bits per heavy atom. The number of piperidine rings is 1. The molecule has 6 heteroatoms. The van der Waals surface area contributed by atoms with E-state index in [0.717, 1.165) is 11.1 Å². The van der Waals surface area contributed by atoms with E-state index in [1.165, 1.54) is 6.26 Å². The van der Waals surface area contributed by atoms with Gasteiger partial charge in [0.2, 0.25) is 0 Å². The molecule has 0 saturated carbocycles. The van der Waals surface area contributed by atoms with Crippen LogP contribution in [0.4, 0.5) is 0 Å². The van der Waals surface area contributed by atoms with E-state index >= 15 is 0 Å². The van der Waals surface area contributed by atoms with Gasteiger partial charge in [0.25, 0.3) is 5.91 Å². The van der Waals surface area contributed by atoms with Crippen LogP contribution in [0.1, 0.15) is 12.8 Å². The lowest BCUT2D eigenvalue weighted by molar-refractivity contribution is -0.134. The monoisotopic (exact) mass is 373 g/mol. The average molecular weight is 373 g/mol. The number of ether oxygens (including phenoxy) is 1. The highest BCUT2D eigenvalue weighted by atomic mass is 32.2. The second-order valence-corrected chi connectivity index (χ2v) is 8.91. The predicted molar refractivity (Wildman–Crippen MR) is 102 cm³/mol. The molecule has 0 radical (unpaired) electrons. The molecule has 2 aromatic rings. The quantitative estimate of drug-likeness (QED) is 0.808. The van der Waals surface area contributed by atoms with Crippen molar-refractivity contribution >= 4 is 15.7 Å². The van der Waals surface area contributed by atoms with Gasteiger partial charge in [0.1, 0.15) is 15.6 Å². The number of rotatable bonds is 5. The molecule has 0 bridgehead atoms. The van der Waals surface area contributed by atoms with Gasteiger partial charge < -0.3 is 9.64 Å². The van der Waals surface area contributed by atoms with E-state index in [0.29, 0.717) is 31.7 Å². The molecule has 1 amide bonds. The average Bonchev–Trinajstić information content (AvgIpc) is 2.66. The minimum absolute atomic E-state index is 0.0335. The van der Waals surface area contributed by atoms with E-state index in [-0.39, 0.29) is 17.8 Å². The van der Waals surface area contributed by atoms with E-state index in [9.17, 15) is 13.2 Å². The zero-order valence-corrected chi connectivity index (χ0v) is 15.6.